The first-order valence-corrected chi connectivity index (χ1v) is 11.3. The minimum atomic E-state index is -0.512. The van der Waals surface area contributed by atoms with E-state index in [0.717, 1.165) is 41.4 Å². The molecule has 0 amide bonds. The monoisotopic (exact) mass is 479 g/mol. The van der Waals surface area contributed by atoms with Gasteiger partial charge in [-0.3, -0.25) is 4.90 Å². The first-order chi connectivity index (χ1) is 16.2. The van der Waals surface area contributed by atoms with Crippen molar-refractivity contribution >= 4 is 39.9 Å². The van der Waals surface area contributed by atoms with Gasteiger partial charge in [0.05, 0.1) is 20.5 Å². The fourth-order valence-electron chi connectivity index (χ4n) is 5.49. The zero-order valence-corrected chi connectivity index (χ0v) is 19.9. The molecule has 0 unspecified atom stereocenters. The van der Waals surface area contributed by atoms with Crippen LogP contribution in [0.1, 0.15) is 34.5 Å². The van der Waals surface area contributed by atoms with E-state index in [0.29, 0.717) is 17.5 Å². The summed E-state index contributed by atoms with van der Waals surface area (Å²) in [5, 5.41) is 4.47. The van der Waals surface area contributed by atoms with Crippen LogP contribution in [0.5, 0.6) is 17.2 Å². The van der Waals surface area contributed by atoms with Gasteiger partial charge in [-0.15, -0.1) is 12.4 Å². The third-order valence-electron chi connectivity index (χ3n) is 7.05. The molecule has 0 aliphatic carbocycles. The Hall–Kier alpha value is -3.22. The molecule has 0 bridgehead atoms. The molecule has 1 atom stereocenters. The minimum absolute atomic E-state index is 0. The predicted octanol–water partition coefficient (Wildman–Crippen LogP) is 5.76. The molecule has 2 aliphatic rings. The number of fused-ring (bicyclic) bond motifs is 7. The number of esters is 1. The number of ether oxygens (including phenoxy) is 3. The van der Waals surface area contributed by atoms with E-state index in [-0.39, 0.29) is 18.2 Å². The topological polar surface area (TPSA) is 61.1 Å². The molecule has 0 radical (unpaired) electrons. The number of halogens is 1. The van der Waals surface area contributed by atoms with E-state index in [2.05, 4.69) is 17.0 Å². The molecule has 34 heavy (non-hydrogen) atoms. The van der Waals surface area contributed by atoms with Crippen molar-refractivity contribution in [2.45, 2.75) is 31.8 Å². The molecule has 0 N–H and O–H groups in total. The molecule has 6 nitrogen and oxygen atoms in total. The van der Waals surface area contributed by atoms with Crippen molar-refractivity contribution in [3.8, 4) is 17.2 Å². The highest BCUT2D eigenvalue weighted by atomic mass is 35.5. The first-order valence-electron chi connectivity index (χ1n) is 11.3. The van der Waals surface area contributed by atoms with Gasteiger partial charge in [-0.25, -0.2) is 4.79 Å². The summed E-state index contributed by atoms with van der Waals surface area (Å²) in [5.41, 5.74) is 2.74. The number of benzene rings is 3. The molecule has 7 heteroatoms. The van der Waals surface area contributed by atoms with E-state index in [1.165, 1.54) is 35.6 Å². The van der Waals surface area contributed by atoms with Crippen molar-refractivity contribution < 1.29 is 23.4 Å². The van der Waals surface area contributed by atoms with Crippen LogP contribution in [0, 0.1) is 0 Å². The summed E-state index contributed by atoms with van der Waals surface area (Å²) in [7, 11) is 3.32. The second kappa shape index (κ2) is 8.85. The van der Waals surface area contributed by atoms with Gasteiger partial charge in [-0.1, -0.05) is 6.07 Å². The van der Waals surface area contributed by atoms with Gasteiger partial charge in [-0.05, 0) is 94.9 Å². The van der Waals surface area contributed by atoms with Crippen LogP contribution in [-0.4, -0.2) is 37.7 Å². The normalized spacial score (nSPS) is 17.2. The molecule has 3 heterocycles. The molecule has 1 fully saturated rings. The van der Waals surface area contributed by atoms with Gasteiger partial charge in [0.1, 0.15) is 5.75 Å². The SMILES string of the molecule is COc1cc2c3c(c4ccc(OC(=O)c5ccco5)cc4c2cc1OC)C[C@@H]1CCCN1C3.Cl. The van der Waals surface area contributed by atoms with Crippen molar-refractivity contribution in [2.75, 3.05) is 20.8 Å². The predicted molar refractivity (Wildman–Crippen MR) is 133 cm³/mol. The Morgan fingerprint density at radius 3 is 2.47 bits per heavy atom. The van der Waals surface area contributed by atoms with Crippen LogP contribution in [0.3, 0.4) is 0 Å². The van der Waals surface area contributed by atoms with Crippen LogP contribution in [-0.2, 0) is 13.0 Å². The van der Waals surface area contributed by atoms with Crippen molar-refractivity contribution in [1.29, 1.82) is 0 Å². The lowest BCUT2D eigenvalue weighted by molar-refractivity contribution is 0.0701. The van der Waals surface area contributed by atoms with E-state index in [1.807, 2.05) is 18.2 Å². The molecule has 176 valence electrons. The first kappa shape index (κ1) is 22.6. The van der Waals surface area contributed by atoms with Crippen molar-refractivity contribution in [3.63, 3.8) is 0 Å². The molecule has 1 aromatic heterocycles. The molecule has 3 aromatic carbocycles. The van der Waals surface area contributed by atoms with Crippen molar-refractivity contribution in [3.05, 3.63) is 65.6 Å². The van der Waals surface area contributed by atoms with E-state index < -0.39 is 5.97 Å². The fourth-order valence-corrected chi connectivity index (χ4v) is 5.49. The van der Waals surface area contributed by atoms with Gasteiger partial charge in [0.25, 0.3) is 0 Å². The number of furan rings is 1. The van der Waals surface area contributed by atoms with Crippen LogP contribution in [0.15, 0.2) is 53.1 Å². The molecule has 4 aromatic rings. The van der Waals surface area contributed by atoms with Crippen LogP contribution >= 0.6 is 12.4 Å². The Morgan fingerprint density at radius 2 is 1.74 bits per heavy atom. The second-order valence-electron chi connectivity index (χ2n) is 8.75. The zero-order chi connectivity index (χ0) is 22.5. The molecular weight excluding hydrogens is 454 g/mol. The van der Waals surface area contributed by atoms with Crippen LogP contribution in [0.25, 0.3) is 21.5 Å². The summed E-state index contributed by atoms with van der Waals surface area (Å²) in [6, 6.07) is 13.9. The van der Waals surface area contributed by atoms with Gasteiger partial charge in [0.2, 0.25) is 5.76 Å². The Labute approximate surface area is 203 Å². The maximum atomic E-state index is 12.5. The average Bonchev–Trinajstić information content (AvgIpc) is 3.54. The third kappa shape index (κ3) is 3.58. The Morgan fingerprint density at radius 1 is 0.971 bits per heavy atom. The lowest BCUT2D eigenvalue weighted by Crippen LogP contribution is -2.35. The number of carbonyl (C=O) groups excluding carboxylic acids is 1. The van der Waals surface area contributed by atoms with Gasteiger partial charge in [0, 0.05) is 12.6 Å². The molecule has 2 aliphatic heterocycles. The average molecular weight is 480 g/mol. The van der Waals surface area contributed by atoms with Crippen molar-refractivity contribution in [2.24, 2.45) is 0 Å². The summed E-state index contributed by atoms with van der Waals surface area (Å²) < 4.78 is 22.1. The van der Waals surface area contributed by atoms with E-state index in [9.17, 15) is 4.79 Å². The summed E-state index contributed by atoms with van der Waals surface area (Å²) in [6.07, 6.45) is 4.98. The zero-order valence-electron chi connectivity index (χ0n) is 19.1. The van der Waals surface area contributed by atoms with E-state index in [1.54, 1.807) is 26.4 Å². The third-order valence-corrected chi connectivity index (χ3v) is 7.05. The quantitative estimate of drug-likeness (QED) is 0.210. The number of rotatable bonds is 4. The van der Waals surface area contributed by atoms with Gasteiger partial charge in [0.15, 0.2) is 11.5 Å². The lowest BCUT2D eigenvalue weighted by atomic mass is 9.85. The largest absolute Gasteiger partial charge is 0.493 e. The summed E-state index contributed by atoms with van der Waals surface area (Å²) >= 11 is 0. The van der Waals surface area contributed by atoms with E-state index >= 15 is 0 Å². The highest BCUT2D eigenvalue weighted by Gasteiger charge is 2.32. The second-order valence-corrected chi connectivity index (χ2v) is 8.75. The number of hydrogen-bond acceptors (Lipinski definition) is 6. The summed E-state index contributed by atoms with van der Waals surface area (Å²) in [5.74, 6) is 1.55. The van der Waals surface area contributed by atoms with Crippen LogP contribution < -0.4 is 14.2 Å². The number of methoxy groups -OCH3 is 2. The van der Waals surface area contributed by atoms with E-state index in [4.69, 9.17) is 18.6 Å². The van der Waals surface area contributed by atoms with Gasteiger partial charge in [-0.2, -0.15) is 0 Å². The standard InChI is InChI=1S/C27H25NO5.ClH/c1-30-25-13-21-20-12-17(33-27(29)24-6-4-10-32-24)7-8-18(20)19-11-16-5-3-9-28(16)15-23(19)22(21)14-26(25)31-2;/h4,6-8,10,12-14,16H,3,5,9,11,15H2,1-2H3;1H/t16-;/m0./s1. The summed E-state index contributed by atoms with van der Waals surface area (Å²) in [4.78, 5) is 15.1. The number of nitrogens with zero attached hydrogens (tertiary/aromatic N) is 1. The Balaban J connectivity index is 0.00000241. The summed E-state index contributed by atoms with van der Waals surface area (Å²) in [6.45, 7) is 2.09. The molecule has 6 rings (SSSR count). The van der Waals surface area contributed by atoms with Crippen LogP contribution in [0.4, 0.5) is 0 Å². The number of hydrogen-bond donors (Lipinski definition) is 0. The maximum absolute atomic E-state index is 12.5. The highest BCUT2D eigenvalue weighted by molar-refractivity contribution is 6.12. The van der Waals surface area contributed by atoms with Gasteiger partial charge < -0.3 is 18.6 Å². The fraction of sp³-hybridized carbons (Fsp3) is 0.296. The molecule has 0 saturated carbocycles. The molecule has 1 saturated heterocycles. The number of carbonyl (C=O) groups is 1. The van der Waals surface area contributed by atoms with Crippen molar-refractivity contribution in [1.82, 2.24) is 4.90 Å². The van der Waals surface area contributed by atoms with Gasteiger partial charge >= 0.3 is 5.97 Å². The molecule has 0 spiro atoms. The highest BCUT2D eigenvalue weighted by Crippen LogP contribution is 2.44. The minimum Gasteiger partial charge on any atom is -0.493 e. The molecular formula is C27H26ClNO5. The maximum Gasteiger partial charge on any atom is 0.379 e. The lowest BCUT2D eigenvalue weighted by Gasteiger charge is -2.33. The Bertz CT molecular complexity index is 1380. The Kier molecular flexibility index (Phi) is 5.88. The smallest absolute Gasteiger partial charge is 0.379 e. The van der Waals surface area contributed by atoms with Crippen LogP contribution in [0.2, 0.25) is 0 Å².